The van der Waals surface area contributed by atoms with Gasteiger partial charge < -0.3 is 15.4 Å². The van der Waals surface area contributed by atoms with Gasteiger partial charge in [0, 0.05) is 24.6 Å². The standard InChI is InChI=1S/C21H19N5O3S/c1-29-19-4-2-3-5-20(19)30(27,28)18-8-6-16(7-9-18)14-24-21(25-15-22)26-17-10-12-23-13-11-17/h2-13H,14H2,1H3,(H2,23,24,25,26). The van der Waals surface area contributed by atoms with E-state index in [1.54, 1.807) is 61.1 Å². The number of nitrogens with zero attached hydrogens (tertiary/aromatic N) is 3. The smallest absolute Gasteiger partial charge is 0.212 e. The summed E-state index contributed by atoms with van der Waals surface area (Å²) < 4.78 is 31.0. The number of benzene rings is 2. The zero-order valence-corrected chi connectivity index (χ0v) is 16.9. The Morgan fingerprint density at radius 2 is 1.80 bits per heavy atom. The first-order chi connectivity index (χ1) is 14.5. The van der Waals surface area contributed by atoms with Crippen LogP contribution in [0.2, 0.25) is 0 Å². The maximum Gasteiger partial charge on any atom is 0.212 e. The predicted molar refractivity (Wildman–Crippen MR) is 113 cm³/mol. The molecule has 9 heteroatoms. The van der Waals surface area contributed by atoms with Gasteiger partial charge in [0.2, 0.25) is 22.0 Å². The fraction of sp³-hybridized carbons (Fsp3) is 0.0952. The third-order valence-electron chi connectivity index (χ3n) is 4.16. The second kappa shape index (κ2) is 9.54. The molecule has 0 bridgehead atoms. The van der Waals surface area contributed by atoms with Crippen molar-refractivity contribution in [2.45, 2.75) is 16.3 Å². The van der Waals surface area contributed by atoms with E-state index in [0.29, 0.717) is 12.3 Å². The van der Waals surface area contributed by atoms with Crippen LogP contribution in [0.5, 0.6) is 5.75 Å². The average molecular weight is 421 g/mol. The van der Waals surface area contributed by atoms with Crippen LogP contribution < -0.4 is 15.4 Å². The average Bonchev–Trinajstić information content (AvgIpc) is 2.78. The van der Waals surface area contributed by atoms with E-state index in [1.807, 2.05) is 0 Å². The molecule has 0 aliphatic carbocycles. The SMILES string of the molecule is COc1ccccc1S(=O)(=O)c1ccc(CN/C(=N\C#N)Nc2ccncc2)cc1. The van der Waals surface area contributed by atoms with Gasteiger partial charge in [0.25, 0.3) is 0 Å². The van der Waals surface area contributed by atoms with E-state index >= 15 is 0 Å². The minimum atomic E-state index is -3.71. The third kappa shape index (κ3) is 4.92. The number of aromatic nitrogens is 1. The molecule has 0 amide bonds. The first-order valence-electron chi connectivity index (χ1n) is 8.89. The molecule has 30 heavy (non-hydrogen) atoms. The summed E-state index contributed by atoms with van der Waals surface area (Å²) in [4.78, 5) is 7.93. The summed E-state index contributed by atoms with van der Waals surface area (Å²) >= 11 is 0. The molecular formula is C21H19N5O3S. The number of nitrogens with one attached hydrogen (secondary N) is 2. The second-order valence-electron chi connectivity index (χ2n) is 6.07. The Morgan fingerprint density at radius 3 is 2.47 bits per heavy atom. The van der Waals surface area contributed by atoms with Gasteiger partial charge in [-0.1, -0.05) is 24.3 Å². The van der Waals surface area contributed by atoms with Crippen molar-refractivity contribution in [1.82, 2.24) is 10.3 Å². The molecule has 1 heterocycles. The van der Waals surface area contributed by atoms with Crippen LogP contribution in [0.25, 0.3) is 0 Å². The van der Waals surface area contributed by atoms with E-state index in [4.69, 9.17) is 10.00 Å². The lowest BCUT2D eigenvalue weighted by atomic mass is 10.2. The summed E-state index contributed by atoms with van der Waals surface area (Å²) in [6, 6.07) is 16.4. The van der Waals surface area contributed by atoms with Crippen LogP contribution in [-0.2, 0) is 16.4 Å². The third-order valence-corrected chi connectivity index (χ3v) is 5.97. The fourth-order valence-electron chi connectivity index (χ4n) is 2.67. The van der Waals surface area contributed by atoms with E-state index in [-0.39, 0.29) is 15.8 Å². The quantitative estimate of drug-likeness (QED) is 0.357. The van der Waals surface area contributed by atoms with Crippen molar-refractivity contribution in [3.63, 3.8) is 0 Å². The van der Waals surface area contributed by atoms with Crippen LogP contribution in [0.3, 0.4) is 0 Å². The van der Waals surface area contributed by atoms with Gasteiger partial charge in [-0.15, -0.1) is 4.99 Å². The minimum absolute atomic E-state index is 0.114. The molecule has 3 rings (SSSR count). The summed E-state index contributed by atoms with van der Waals surface area (Å²) in [5, 5.41) is 14.9. The Balaban J connectivity index is 1.72. The van der Waals surface area contributed by atoms with E-state index in [9.17, 15) is 8.42 Å². The number of hydrogen-bond donors (Lipinski definition) is 2. The zero-order valence-electron chi connectivity index (χ0n) is 16.1. The maximum absolute atomic E-state index is 12.9. The lowest BCUT2D eigenvalue weighted by Gasteiger charge is -2.12. The molecule has 3 aromatic rings. The second-order valence-corrected chi connectivity index (χ2v) is 7.99. The van der Waals surface area contributed by atoms with Gasteiger partial charge >= 0.3 is 0 Å². The van der Waals surface area contributed by atoms with Crippen molar-refractivity contribution in [1.29, 1.82) is 5.26 Å². The van der Waals surface area contributed by atoms with Crippen molar-refractivity contribution in [2.75, 3.05) is 12.4 Å². The zero-order chi connectivity index (χ0) is 21.4. The highest BCUT2D eigenvalue weighted by Gasteiger charge is 2.21. The number of aliphatic imine (C=N–C) groups is 1. The lowest BCUT2D eigenvalue weighted by Crippen LogP contribution is -2.30. The maximum atomic E-state index is 12.9. The summed E-state index contributed by atoms with van der Waals surface area (Å²) in [5.74, 6) is 0.567. The Bertz CT molecular complexity index is 1170. The molecule has 8 nitrogen and oxygen atoms in total. The molecule has 0 aliphatic rings. The summed E-state index contributed by atoms with van der Waals surface area (Å²) in [6.45, 7) is 0.341. The van der Waals surface area contributed by atoms with Crippen LogP contribution >= 0.6 is 0 Å². The van der Waals surface area contributed by atoms with Gasteiger partial charge in [0.1, 0.15) is 10.6 Å². The first kappa shape index (κ1) is 20.8. The van der Waals surface area contributed by atoms with Crippen LogP contribution in [0.4, 0.5) is 5.69 Å². The molecule has 0 unspecified atom stereocenters. The van der Waals surface area contributed by atoms with Crippen molar-refractivity contribution >= 4 is 21.5 Å². The number of rotatable bonds is 6. The molecule has 0 fully saturated rings. The first-order valence-corrected chi connectivity index (χ1v) is 10.4. The van der Waals surface area contributed by atoms with Crippen molar-refractivity contribution in [2.24, 2.45) is 4.99 Å². The minimum Gasteiger partial charge on any atom is -0.495 e. The largest absolute Gasteiger partial charge is 0.495 e. The molecule has 0 saturated heterocycles. The van der Waals surface area contributed by atoms with E-state index in [2.05, 4.69) is 20.6 Å². The number of pyridine rings is 1. The number of methoxy groups -OCH3 is 1. The summed E-state index contributed by atoms with van der Waals surface area (Å²) in [7, 11) is -2.28. The van der Waals surface area contributed by atoms with Crippen molar-refractivity contribution in [3.05, 3.63) is 78.6 Å². The normalized spacial score (nSPS) is 11.4. The van der Waals surface area contributed by atoms with Gasteiger partial charge in [-0.05, 0) is 42.0 Å². The highest BCUT2D eigenvalue weighted by molar-refractivity contribution is 7.91. The van der Waals surface area contributed by atoms with Crippen molar-refractivity contribution < 1.29 is 13.2 Å². The van der Waals surface area contributed by atoms with Crippen LogP contribution in [-0.4, -0.2) is 26.5 Å². The molecule has 1 aromatic heterocycles. The predicted octanol–water partition coefficient (Wildman–Crippen LogP) is 2.96. The van der Waals surface area contributed by atoms with E-state index < -0.39 is 9.84 Å². The van der Waals surface area contributed by atoms with Crippen LogP contribution in [0.15, 0.2) is 87.8 Å². The van der Waals surface area contributed by atoms with Gasteiger partial charge in [0.05, 0.1) is 12.0 Å². The molecule has 2 N–H and O–H groups in total. The molecule has 0 saturated carbocycles. The van der Waals surface area contributed by atoms with Crippen LogP contribution in [0, 0.1) is 11.5 Å². The highest BCUT2D eigenvalue weighted by Crippen LogP contribution is 2.29. The van der Waals surface area contributed by atoms with Gasteiger partial charge in [-0.25, -0.2) is 8.42 Å². The number of anilines is 1. The molecule has 2 aromatic carbocycles. The molecule has 152 valence electrons. The molecular weight excluding hydrogens is 402 g/mol. The molecule has 0 spiro atoms. The molecule has 0 aliphatic heterocycles. The highest BCUT2D eigenvalue weighted by atomic mass is 32.2. The number of ether oxygens (including phenoxy) is 1. The fourth-order valence-corrected chi connectivity index (χ4v) is 4.10. The topological polar surface area (TPSA) is 116 Å². The number of sulfone groups is 1. The van der Waals surface area contributed by atoms with E-state index in [1.165, 1.54) is 25.3 Å². The van der Waals surface area contributed by atoms with Gasteiger partial charge in [-0.2, -0.15) is 5.26 Å². The monoisotopic (exact) mass is 421 g/mol. The lowest BCUT2D eigenvalue weighted by molar-refractivity contribution is 0.402. The Morgan fingerprint density at radius 1 is 1.10 bits per heavy atom. The Hall–Kier alpha value is -3.90. The molecule has 0 radical (unpaired) electrons. The summed E-state index contributed by atoms with van der Waals surface area (Å²) in [6.07, 6.45) is 4.98. The van der Waals surface area contributed by atoms with E-state index in [0.717, 1.165) is 11.3 Å². The summed E-state index contributed by atoms with van der Waals surface area (Å²) in [5.41, 5.74) is 1.54. The Kier molecular flexibility index (Phi) is 6.62. The van der Waals surface area contributed by atoms with Gasteiger partial charge in [0.15, 0.2) is 0 Å². The molecule has 0 atom stereocenters. The number of para-hydroxylation sites is 1. The Labute approximate surface area is 174 Å². The number of guanidine groups is 1. The van der Waals surface area contributed by atoms with Gasteiger partial charge in [-0.3, -0.25) is 4.98 Å². The number of nitriles is 1. The van der Waals surface area contributed by atoms with Crippen molar-refractivity contribution in [3.8, 4) is 11.9 Å². The number of hydrogen-bond acceptors (Lipinski definition) is 6. The van der Waals surface area contributed by atoms with Crippen LogP contribution in [0.1, 0.15) is 5.56 Å².